The predicted molar refractivity (Wildman–Crippen MR) is 104 cm³/mol. The molecule has 0 aliphatic carbocycles. The van der Waals surface area contributed by atoms with E-state index in [2.05, 4.69) is 27.4 Å². The van der Waals surface area contributed by atoms with Gasteiger partial charge in [-0.3, -0.25) is 19.4 Å². The van der Waals surface area contributed by atoms with Gasteiger partial charge in [0, 0.05) is 43.8 Å². The first-order chi connectivity index (χ1) is 12.5. The number of amides is 2. The Morgan fingerprint density at radius 2 is 1.73 bits per heavy atom. The molecule has 6 nitrogen and oxygen atoms in total. The van der Waals surface area contributed by atoms with Crippen molar-refractivity contribution in [2.75, 3.05) is 39.3 Å². The minimum absolute atomic E-state index is 0.00735. The van der Waals surface area contributed by atoms with Crippen LogP contribution in [-0.4, -0.2) is 66.9 Å². The smallest absolute Gasteiger partial charge is 0.234 e. The van der Waals surface area contributed by atoms with Crippen LogP contribution in [0.2, 0.25) is 5.02 Å². The second kappa shape index (κ2) is 10.5. The summed E-state index contributed by atoms with van der Waals surface area (Å²) >= 11 is 5.95. The van der Waals surface area contributed by atoms with Gasteiger partial charge in [-0.15, -0.1) is 0 Å². The number of nitrogens with one attached hydrogen (secondary N) is 2. The Labute approximate surface area is 160 Å². The standard InChI is InChI=1S/C19H29ClN4O2/c1-3-15(2)22-19(26)14-24-9-7-23(8-10-24)13-18(25)21-12-16-5-4-6-17(20)11-16/h4-6,11,15H,3,7-10,12-14H2,1-2H3,(H,21,25)(H,22,26). The van der Waals surface area contributed by atoms with Crippen LogP contribution in [0.3, 0.4) is 0 Å². The summed E-state index contributed by atoms with van der Waals surface area (Å²) in [7, 11) is 0. The van der Waals surface area contributed by atoms with E-state index in [1.165, 1.54) is 0 Å². The van der Waals surface area contributed by atoms with Crippen LogP contribution in [0.5, 0.6) is 0 Å². The van der Waals surface area contributed by atoms with Crippen LogP contribution in [0.15, 0.2) is 24.3 Å². The molecule has 0 bridgehead atoms. The number of benzene rings is 1. The molecule has 26 heavy (non-hydrogen) atoms. The third-order valence-electron chi connectivity index (χ3n) is 4.60. The molecule has 0 spiro atoms. The van der Waals surface area contributed by atoms with Crippen molar-refractivity contribution in [3.8, 4) is 0 Å². The molecule has 1 aromatic carbocycles. The minimum atomic E-state index is 0.00735. The van der Waals surface area contributed by atoms with Crippen LogP contribution in [0, 0.1) is 0 Å². The molecular formula is C19H29ClN4O2. The third-order valence-corrected chi connectivity index (χ3v) is 4.83. The van der Waals surface area contributed by atoms with E-state index in [1.807, 2.05) is 31.2 Å². The number of carbonyl (C=O) groups is 2. The molecule has 0 saturated carbocycles. The van der Waals surface area contributed by atoms with Crippen molar-refractivity contribution in [1.82, 2.24) is 20.4 Å². The first-order valence-electron chi connectivity index (χ1n) is 9.21. The lowest BCUT2D eigenvalue weighted by atomic mass is 10.2. The van der Waals surface area contributed by atoms with Crippen molar-refractivity contribution < 1.29 is 9.59 Å². The van der Waals surface area contributed by atoms with Crippen LogP contribution in [0.25, 0.3) is 0 Å². The zero-order chi connectivity index (χ0) is 18.9. The van der Waals surface area contributed by atoms with E-state index in [0.717, 1.165) is 38.2 Å². The first-order valence-corrected chi connectivity index (χ1v) is 9.59. The quantitative estimate of drug-likeness (QED) is 0.717. The van der Waals surface area contributed by atoms with Crippen molar-refractivity contribution in [3.63, 3.8) is 0 Å². The number of hydrogen-bond donors (Lipinski definition) is 2. The van der Waals surface area contributed by atoms with Gasteiger partial charge in [-0.05, 0) is 31.0 Å². The molecule has 2 amide bonds. The van der Waals surface area contributed by atoms with Crippen molar-refractivity contribution in [2.45, 2.75) is 32.9 Å². The van der Waals surface area contributed by atoms with Crippen molar-refractivity contribution in [1.29, 1.82) is 0 Å². The second-order valence-corrected chi connectivity index (χ2v) is 7.27. The average molecular weight is 381 g/mol. The highest BCUT2D eigenvalue weighted by Crippen LogP contribution is 2.10. The highest BCUT2D eigenvalue weighted by molar-refractivity contribution is 6.30. The first kappa shape index (κ1) is 20.7. The van der Waals surface area contributed by atoms with Gasteiger partial charge in [0.15, 0.2) is 0 Å². The molecule has 1 fully saturated rings. The Morgan fingerprint density at radius 1 is 1.12 bits per heavy atom. The van der Waals surface area contributed by atoms with Gasteiger partial charge in [0.1, 0.15) is 0 Å². The average Bonchev–Trinajstić information content (AvgIpc) is 2.61. The number of nitrogens with zero attached hydrogens (tertiary/aromatic N) is 2. The zero-order valence-electron chi connectivity index (χ0n) is 15.6. The molecule has 1 saturated heterocycles. The monoisotopic (exact) mass is 380 g/mol. The van der Waals surface area contributed by atoms with E-state index in [0.29, 0.717) is 24.7 Å². The summed E-state index contributed by atoms with van der Waals surface area (Å²) in [5.74, 6) is 0.0833. The molecule has 2 rings (SSSR count). The fourth-order valence-electron chi connectivity index (χ4n) is 2.84. The number of rotatable bonds is 8. The number of carbonyl (C=O) groups excluding carboxylic acids is 2. The molecular weight excluding hydrogens is 352 g/mol. The van der Waals surface area contributed by atoms with E-state index in [9.17, 15) is 9.59 Å². The van der Waals surface area contributed by atoms with Crippen molar-refractivity contribution in [3.05, 3.63) is 34.9 Å². The van der Waals surface area contributed by atoms with E-state index in [4.69, 9.17) is 11.6 Å². The van der Waals surface area contributed by atoms with Gasteiger partial charge in [0.2, 0.25) is 11.8 Å². The van der Waals surface area contributed by atoms with Gasteiger partial charge < -0.3 is 10.6 Å². The molecule has 0 aromatic heterocycles. The lowest BCUT2D eigenvalue weighted by Gasteiger charge is -2.34. The van der Waals surface area contributed by atoms with E-state index >= 15 is 0 Å². The fraction of sp³-hybridized carbons (Fsp3) is 0.579. The molecule has 1 atom stereocenters. The third kappa shape index (κ3) is 7.32. The lowest BCUT2D eigenvalue weighted by Crippen LogP contribution is -2.52. The Hall–Kier alpha value is -1.63. The molecule has 1 aliphatic rings. The maximum Gasteiger partial charge on any atom is 0.234 e. The van der Waals surface area contributed by atoms with E-state index < -0.39 is 0 Å². The summed E-state index contributed by atoms with van der Waals surface area (Å²) in [5, 5.41) is 6.59. The molecule has 1 heterocycles. The maximum absolute atomic E-state index is 12.1. The highest BCUT2D eigenvalue weighted by Gasteiger charge is 2.20. The van der Waals surface area contributed by atoms with Crippen molar-refractivity contribution in [2.24, 2.45) is 0 Å². The molecule has 0 radical (unpaired) electrons. The van der Waals surface area contributed by atoms with Gasteiger partial charge in [-0.1, -0.05) is 30.7 Å². The summed E-state index contributed by atoms with van der Waals surface area (Å²) in [5.41, 5.74) is 0.989. The van der Waals surface area contributed by atoms with E-state index in [-0.39, 0.29) is 17.9 Å². The molecule has 7 heteroatoms. The molecule has 1 aromatic rings. The summed E-state index contributed by atoms with van der Waals surface area (Å²) in [4.78, 5) is 28.3. The molecule has 1 aliphatic heterocycles. The summed E-state index contributed by atoms with van der Waals surface area (Å²) in [6, 6.07) is 7.70. The Kier molecular flexibility index (Phi) is 8.35. The maximum atomic E-state index is 12.1. The number of halogens is 1. The summed E-state index contributed by atoms with van der Waals surface area (Å²) < 4.78 is 0. The zero-order valence-corrected chi connectivity index (χ0v) is 16.4. The van der Waals surface area contributed by atoms with E-state index in [1.54, 1.807) is 0 Å². The van der Waals surface area contributed by atoms with Gasteiger partial charge >= 0.3 is 0 Å². The molecule has 2 N–H and O–H groups in total. The topological polar surface area (TPSA) is 64.7 Å². The van der Waals surface area contributed by atoms with Gasteiger partial charge in [0.05, 0.1) is 13.1 Å². The van der Waals surface area contributed by atoms with Crippen LogP contribution in [0.4, 0.5) is 0 Å². The normalized spacial score (nSPS) is 16.9. The van der Waals surface area contributed by atoms with Gasteiger partial charge in [-0.25, -0.2) is 0 Å². The largest absolute Gasteiger partial charge is 0.353 e. The minimum Gasteiger partial charge on any atom is -0.353 e. The van der Waals surface area contributed by atoms with Gasteiger partial charge in [0.25, 0.3) is 0 Å². The Balaban J connectivity index is 1.65. The second-order valence-electron chi connectivity index (χ2n) is 6.84. The molecule has 144 valence electrons. The van der Waals surface area contributed by atoms with Crippen LogP contribution in [-0.2, 0) is 16.1 Å². The highest BCUT2D eigenvalue weighted by atomic mass is 35.5. The van der Waals surface area contributed by atoms with Crippen molar-refractivity contribution >= 4 is 23.4 Å². The number of piperazine rings is 1. The van der Waals surface area contributed by atoms with Crippen LogP contribution < -0.4 is 10.6 Å². The van der Waals surface area contributed by atoms with Gasteiger partial charge in [-0.2, -0.15) is 0 Å². The fourth-order valence-corrected chi connectivity index (χ4v) is 3.05. The lowest BCUT2D eigenvalue weighted by molar-refractivity contribution is -0.125. The van der Waals surface area contributed by atoms with Crippen LogP contribution in [0.1, 0.15) is 25.8 Å². The predicted octanol–water partition coefficient (Wildman–Crippen LogP) is 1.49. The Morgan fingerprint density at radius 3 is 2.31 bits per heavy atom. The Bertz CT molecular complexity index is 603. The molecule has 1 unspecified atom stereocenters. The summed E-state index contributed by atoms with van der Waals surface area (Å²) in [6.07, 6.45) is 0.934. The van der Waals surface area contributed by atoms with Crippen LogP contribution >= 0.6 is 11.6 Å². The number of hydrogen-bond acceptors (Lipinski definition) is 4. The SMILES string of the molecule is CCC(C)NC(=O)CN1CCN(CC(=O)NCc2cccc(Cl)c2)CC1. The summed E-state index contributed by atoms with van der Waals surface area (Å²) in [6.45, 7) is 8.55.